The van der Waals surface area contributed by atoms with Gasteiger partial charge in [0.25, 0.3) is 5.78 Å². The molecule has 3 aliphatic rings. The fourth-order valence-corrected chi connectivity index (χ4v) is 5.67. The Morgan fingerprint density at radius 1 is 1.03 bits per heavy atom. The SMILES string of the molecule is O=C(N[C@@H]1CCCc2ccccc21)C1CCN(c2c3c(nc4ncnn24)CCC3)CC1. The van der Waals surface area contributed by atoms with Gasteiger partial charge in [-0.15, -0.1) is 0 Å². The maximum absolute atomic E-state index is 13.1. The van der Waals surface area contributed by atoms with E-state index >= 15 is 0 Å². The van der Waals surface area contributed by atoms with Gasteiger partial charge in [0.1, 0.15) is 12.1 Å². The van der Waals surface area contributed by atoms with Gasteiger partial charge in [-0.25, -0.2) is 4.98 Å². The van der Waals surface area contributed by atoms with Crippen molar-refractivity contribution < 1.29 is 4.79 Å². The number of nitrogens with zero attached hydrogens (tertiary/aromatic N) is 5. The highest BCUT2D eigenvalue weighted by molar-refractivity contribution is 5.79. The average Bonchev–Trinajstić information content (AvgIpc) is 3.47. The molecule has 1 N–H and O–H groups in total. The maximum Gasteiger partial charge on any atom is 0.254 e. The van der Waals surface area contributed by atoms with Gasteiger partial charge in [0.05, 0.1) is 11.7 Å². The minimum atomic E-state index is 0.0754. The number of aromatic nitrogens is 4. The van der Waals surface area contributed by atoms with Gasteiger partial charge >= 0.3 is 0 Å². The molecule has 7 nitrogen and oxygen atoms in total. The number of anilines is 1. The minimum Gasteiger partial charge on any atom is -0.356 e. The Labute approximate surface area is 181 Å². The Hall–Kier alpha value is -2.96. The van der Waals surface area contributed by atoms with E-state index in [1.165, 1.54) is 22.4 Å². The van der Waals surface area contributed by atoms with E-state index in [0.29, 0.717) is 5.78 Å². The van der Waals surface area contributed by atoms with Crippen LogP contribution in [0.5, 0.6) is 0 Å². The van der Waals surface area contributed by atoms with Crippen molar-refractivity contribution in [1.29, 1.82) is 0 Å². The van der Waals surface area contributed by atoms with Crippen molar-refractivity contribution in [3.05, 3.63) is 53.0 Å². The quantitative estimate of drug-likeness (QED) is 0.710. The second kappa shape index (κ2) is 7.62. The van der Waals surface area contributed by atoms with Crippen LogP contribution < -0.4 is 10.2 Å². The van der Waals surface area contributed by atoms with E-state index in [-0.39, 0.29) is 17.9 Å². The number of carbonyl (C=O) groups excluding carboxylic acids is 1. The summed E-state index contributed by atoms with van der Waals surface area (Å²) in [7, 11) is 0. The number of piperidine rings is 1. The first-order valence-electron chi connectivity index (χ1n) is 11.6. The Morgan fingerprint density at radius 2 is 1.90 bits per heavy atom. The molecule has 2 aromatic heterocycles. The molecule has 31 heavy (non-hydrogen) atoms. The predicted molar refractivity (Wildman–Crippen MR) is 118 cm³/mol. The van der Waals surface area contributed by atoms with Gasteiger partial charge in [-0.3, -0.25) is 4.79 Å². The predicted octanol–water partition coefficient (Wildman–Crippen LogP) is 3.02. The van der Waals surface area contributed by atoms with Gasteiger partial charge in [0.15, 0.2) is 0 Å². The van der Waals surface area contributed by atoms with Crippen LogP contribution in [0.4, 0.5) is 5.82 Å². The molecular formula is C24H28N6O. The normalized spacial score (nSPS) is 21.2. The molecule has 1 amide bonds. The standard InChI is InChI=1S/C24H28N6O/c31-22(27-20-9-3-6-16-5-1-2-7-18(16)20)17-11-13-29(14-12-17)23-19-8-4-10-21(19)28-24-25-15-26-30(23)24/h1-2,5,7,15,17,20H,3-4,6,8-14H2,(H,27,31)/t20-/m1/s1. The van der Waals surface area contributed by atoms with E-state index in [2.05, 4.69) is 44.6 Å². The first kappa shape index (κ1) is 18.8. The zero-order chi connectivity index (χ0) is 20.8. The first-order chi connectivity index (χ1) is 15.3. The van der Waals surface area contributed by atoms with Crippen LogP contribution in [0.25, 0.3) is 5.78 Å². The lowest BCUT2D eigenvalue weighted by atomic mass is 9.87. The van der Waals surface area contributed by atoms with Crippen molar-refractivity contribution in [3.63, 3.8) is 0 Å². The van der Waals surface area contributed by atoms with Crippen LogP contribution in [-0.2, 0) is 24.1 Å². The lowest BCUT2D eigenvalue weighted by Crippen LogP contribution is -2.43. The van der Waals surface area contributed by atoms with Crippen LogP contribution in [0.2, 0.25) is 0 Å². The number of hydrogen-bond acceptors (Lipinski definition) is 5. The molecule has 0 radical (unpaired) electrons. The van der Waals surface area contributed by atoms with Crippen molar-refractivity contribution >= 4 is 17.5 Å². The zero-order valence-electron chi connectivity index (χ0n) is 17.8. The number of aryl methyl sites for hydroxylation is 2. The second-order valence-corrected chi connectivity index (χ2v) is 9.10. The van der Waals surface area contributed by atoms with Gasteiger partial charge in [0.2, 0.25) is 5.91 Å². The van der Waals surface area contributed by atoms with E-state index < -0.39 is 0 Å². The fraction of sp³-hybridized carbons (Fsp3) is 0.500. The highest BCUT2D eigenvalue weighted by Gasteiger charge is 2.31. The highest BCUT2D eigenvalue weighted by Crippen LogP contribution is 2.34. The van der Waals surface area contributed by atoms with Gasteiger partial charge in [-0.05, 0) is 62.5 Å². The molecule has 3 heterocycles. The lowest BCUT2D eigenvalue weighted by molar-refractivity contribution is -0.126. The summed E-state index contributed by atoms with van der Waals surface area (Å²) in [6, 6.07) is 8.72. The Kier molecular flexibility index (Phi) is 4.62. The average molecular weight is 417 g/mol. The largest absolute Gasteiger partial charge is 0.356 e. The molecule has 2 aliphatic carbocycles. The Bertz CT molecular complexity index is 1130. The van der Waals surface area contributed by atoms with Crippen LogP contribution in [0.1, 0.15) is 60.5 Å². The molecule has 3 aromatic rings. The molecule has 1 saturated heterocycles. The third kappa shape index (κ3) is 3.27. The summed E-state index contributed by atoms with van der Waals surface area (Å²) in [6.07, 6.45) is 9.83. The Balaban J connectivity index is 1.17. The summed E-state index contributed by atoms with van der Waals surface area (Å²) < 4.78 is 1.89. The highest BCUT2D eigenvalue weighted by atomic mass is 16.2. The third-order valence-corrected chi connectivity index (χ3v) is 7.28. The molecular weight excluding hydrogens is 388 g/mol. The van der Waals surface area contributed by atoms with E-state index in [4.69, 9.17) is 4.98 Å². The summed E-state index contributed by atoms with van der Waals surface area (Å²) in [5.41, 5.74) is 5.18. The first-order valence-corrected chi connectivity index (χ1v) is 11.6. The van der Waals surface area contributed by atoms with Gasteiger partial charge in [-0.1, -0.05) is 24.3 Å². The van der Waals surface area contributed by atoms with Crippen LogP contribution in [0.15, 0.2) is 30.6 Å². The van der Waals surface area contributed by atoms with Crippen molar-refractivity contribution in [2.24, 2.45) is 5.92 Å². The molecule has 0 saturated carbocycles. The maximum atomic E-state index is 13.1. The Morgan fingerprint density at radius 3 is 2.81 bits per heavy atom. The zero-order valence-corrected chi connectivity index (χ0v) is 17.8. The molecule has 1 atom stereocenters. The molecule has 0 unspecified atom stereocenters. The number of hydrogen-bond donors (Lipinski definition) is 1. The van der Waals surface area contributed by atoms with Crippen LogP contribution in [0.3, 0.4) is 0 Å². The van der Waals surface area contributed by atoms with Crippen molar-refractivity contribution in [2.75, 3.05) is 18.0 Å². The van der Waals surface area contributed by atoms with E-state index in [0.717, 1.165) is 70.3 Å². The number of nitrogens with one attached hydrogen (secondary N) is 1. The summed E-state index contributed by atoms with van der Waals surface area (Å²) in [6.45, 7) is 1.73. The van der Waals surface area contributed by atoms with Crippen molar-refractivity contribution in [2.45, 2.75) is 57.4 Å². The number of carbonyl (C=O) groups is 1. The van der Waals surface area contributed by atoms with Gasteiger partial charge in [0, 0.05) is 24.6 Å². The molecule has 7 heteroatoms. The third-order valence-electron chi connectivity index (χ3n) is 7.28. The molecule has 1 aromatic carbocycles. The summed E-state index contributed by atoms with van der Waals surface area (Å²) >= 11 is 0. The summed E-state index contributed by atoms with van der Waals surface area (Å²) in [5.74, 6) is 2.13. The fourth-order valence-electron chi connectivity index (χ4n) is 5.67. The van der Waals surface area contributed by atoms with Crippen molar-refractivity contribution in [3.8, 4) is 0 Å². The van der Waals surface area contributed by atoms with Crippen LogP contribution in [0, 0.1) is 5.92 Å². The van der Waals surface area contributed by atoms with E-state index in [1.807, 2.05) is 4.52 Å². The second-order valence-electron chi connectivity index (χ2n) is 9.10. The number of amides is 1. The van der Waals surface area contributed by atoms with E-state index in [9.17, 15) is 4.79 Å². The molecule has 1 aliphatic heterocycles. The topological polar surface area (TPSA) is 75.4 Å². The molecule has 6 rings (SSSR count). The lowest BCUT2D eigenvalue weighted by Gasteiger charge is -2.35. The monoisotopic (exact) mass is 416 g/mol. The van der Waals surface area contributed by atoms with Gasteiger partial charge < -0.3 is 10.2 Å². The number of fused-ring (bicyclic) bond motifs is 3. The van der Waals surface area contributed by atoms with Crippen LogP contribution >= 0.6 is 0 Å². The number of rotatable bonds is 3. The van der Waals surface area contributed by atoms with Crippen LogP contribution in [-0.4, -0.2) is 38.6 Å². The molecule has 1 fully saturated rings. The molecule has 160 valence electrons. The summed E-state index contributed by atoms with van der Waals surface area (Å²) in [4.78, 5) is 24.5. The number of benzene rings is 1. The smallest absolute Gasteiger partial charge is 0.254 e. The molecule has 0 bridgehead atoms. The van der Waals surface area contributed by atoms with Gasteiger partial charge in [-0.2, -0.15) is 14.6 Å². The molecule has 0 spiro atoms. The minimum absolute atomic E-state index is 0.0754. The summed E-state index contributed by atoms with van der Waals surface area (Å²) in [5, 5.41) is 7.82. The van der Waals surface area contributed by atoms with Crippen molar-refractivity contribution in [1.82, 2.24) is 24.9 Å². The van der Waals surface area contributed by atoms with E-state index in [1.54, 1.807) is 6.33 Å².